The first kappa shape index (κ1) is 10.5. The Balaban J connectivity index is 2.21. The van der Waals surface area contributed by atoms with Crippen molar-refractivity contribution < 1.29 is 9.53 Å². The molecule has 76 valence electrons. The number of carbonyl (C=O) groups is 1. The molecular formula is C9H18N2O2. The molecule has 0 atom stereocenters. The van der Waals surface area contributed by atoms with E-state index in [1.54, 1.807) is 0 Å². The van der Waals surface area contributed by atoms with Gasteiger partial charge in [-0.3, -0.25) is 9.69 Å². The lowest BCUT2D eigenvalue weighted by Crippen LogP contribution is -2.47. The Morgan fingerprint density at radius 1 is 1.23 bits per heavy atom. The molecule has 13 heavy (non-hydrogen) atoms. The molecule has 1 aliphatic heterocycles. The average Bonchev–Trinajstić information content (AvgIpc) is 2.19. The molecule has 0 radical (unpaired) electrons. The summed E-state index contributed by atoms with van der Waals surface area (Å²) < 4.78 is 4.61. The Bertz CT molecular complexity index is 165. The smallest absolute Gasteiger partial charge is 0.319 e. The van der Waals surface area contributed by atoms with Crippen molar-refractivity contribution in [1.82, 2.24) is 9.80 Å². The van der Waals surface area contributed by atoms with Gasteiger partial charge >= 0.3 is 5.97 Å². The lowest BCUT2D eigenvalue weighted by Gasteiger charge is -2.33. The third-order valence-corrected chi connectivity index (χ3v) is 2.49. The van der Waals surface area contributed by atoms with Crippen molar-refractivity contribution in [3.05, 3.63) is 0 Å². The van der Waals surface area contributed by atoms with Crippen LogP contribution in [-0.2, 0) is 9.53 Å². The Kier molecular flexibility index (Phi) is 4.18. The van der Waals surface area contributed by atoms with Gasteiger partial charge in [-0.2, -0.15) is 0 Å². The lowest BCUT2D eigenvalue weighted by molar-refractivity contribution is -0.142. The molecule has 1 aliphatic rings. The van der Waals surface area contributed by atoms with E-state index >= 15 is 0 Å². The summed E-state index contributed by atoms with van der Waals surface area (Å²) in [5.74, 6) is -0.134. The van der Waals surface area contributed by atoms with E-state index in [1.165, 1.54) is 7.11 Å². The van der Waals surface area contributed by atoms with Crippen molar-refractivity contribution in [2.75, 3.05) is 46.4 Å². The highest BCUT2D eigenvalue weighted by molar-refractivity contribution is 5.71. The summed E-state index contributed by atoms with van der Waals surface area (Å²) in [7, 11) is 1.44. The summed E-state index contributed by atoms with van der Waals surface area (Å²) in [6, 6.07) is 0. The Morgan fingerprint density at radius 3 is 2.23 bits per heavy atom. The van der Waals surface area contributed by atoms with Crippen LogP contribution in [0.25, 0.3) is 0 Å². The zero-order chi connectivity index (χ0) is 9.68. The zero-order valence-corrected chi connectivity index (χ0v) is 8.45. The van der Waals surface area contributed by atoms with E-state index in [-0.39, 0.29) is 5.97 Å². The highest BCUT2D eigenvalue weighted by Gasteiger charge is 2.17. The molecule has 0 spiro atoms. The second-order valence-electron chi connectivity index (χ2n) is 3.29. The van der Waals surface area contributed by atoms with Gasteiger partial charge in [-0.05, 0) is 6.54 Å². The summed E-state index contributed by atoms with van der Waals surface area (Å²) in [4.78, 5) is 15.5. The molecular weight excluding hydrogens is 168 g/mol. The van der Waals surface area contributed by atoms with Crippen LogP contribution in [0.1, 0.15) is 6.92 Å². The number of hydrogen-bond donors (Lipinski definition) is 0. The number of nitrogens with zero attached hydrogens (tertiary/aromatic N) is 2. The maximum absolute atomic E-state index is 11.0. The molecule has 0 N–H and O–H groups in total. The van der Waals surface area contributed by atoms with Gasteiger partial charge in [-0.25, -0.2) is 0 Å². The van der Waals surface area contributed by atoms with Crippen LogP contribution in [-0.4, -0.2) is 62.1 Å². The molecule has 0 aromatic rings. The molecule has 4 heteroatoms. The van der Waals surface area contributed by atoms with Crippen LogP contribution in [0.15, 0.2) is 0 Å². The number of hydrogen-bond acceptors (Lipinski definition) is 4. The Labute approximate surface area is 79.4 Å². The quantitative estimate of drug-likeness (QED) is 0.571. The average molecular weight is 186 g/mol. The van der Waals surface area contributed by atoms with Crippen molar-refractivity contribution in [3.8, 4) is 0 Å². The molecule has 0 aromatic heterocycles. The van der Waals surface area contributed by atoms with Crippen LogP contribution in [0.2, 0.25) is 0 Å². The second kappa shape index (κ2) is 5.19. The van der Waals surface area contributed by atoms with Crippen LogP contribution < -0.4 is 0 Å². The molecule has 1 fully saturated rings. The summed E-state index contributed by atoms with van der Waals surface area (Å²) in [6.07, 6.45) is 0. The van der Waals surface area contributed by atoms with Crippen LogP contribution in [0, 0.1) is 0 Å². The maximum Gasteiger partial charge on any atom is 0.319 e. The minimum Gasteiger partial charge on any atom is -0.468 e. The van der Waals surface area contributed by atoms with Gasteiger partial charge in [0.05, 0.1) is 13.7 Å². The lowest BCUT2D eigenvalue weighted by atomic mass is 10.3. The molecule has 0 aliphatic carbocycles. The molecule has 4 nitrogen and oxygen atoms in total. The molecule has 0 aromatic carbocycles. The number of esters is 1. The summed E-state index contributed by atoms with van der Waals surface area (Å²) in [5, 5.41) is 0. The zero-order valence-electron chi connectivity index (χ0n) is 8.45. The fourth-order valence-electron chi connectivity index (χ4n) is 1.51. The number of piperazine rings is 1. The monoisotopic (exact) mass is 186 g/mol. The van der Waals surface area contributed by atoms with Crippen molar-refractivity contribution in [2.24, 2.45) is 0 Å². The molecule has 1 rings (SSSR count). The van der Waals surface area contributed by atoms with E-state index in [4.69, 9.17) is 0 Å². The number of likely N-dealkylation sites (N-methyl/N-ethyl adjacent to an activating group) is 1. The van der Waals surface area contributed by atoms with Crippen molar-refractivity contribution in [3.63, 3.8) is 0 Å². The fraction of sp³-hybridized carbons (Fsp3) is 0.889. The minimum atomic E-state index is -0.134. The Morgan fingerprint density at radius 2 is 1.77 bits per heavy atom. The minimum absolute atomic E-state index is 0.134. The first-order valence-electron chi connectivity index (χ1n) is 4.77. The maximum atomic E-state index is 11.0. The molecule has 1 heterocycles. The standard InChI is InChI=1S/C9H18N2O2/c1-3-10-4-6-11(7-5-10)8-9(12)13-2/h3-8H2,1-2H3. The molecule has 0 bridgehead atoms. The summed E-state index contributed by atoms with van der Waals surface area (Å²) >= 11 is 0. The van der Waals surface area contributed by atoms with Crippen LogP contribution in [0.5, 0.6) is 0 Å². The highest BCUT2D eigenvalue weighted by atomic mass is 16.5. The van der Waals surface area contributed by atoms with E-state index in [9.17, 15) is 4.79 Å². The second-order valence-corrected chi connectivity index (χ2v) is 3.29. The van der Waals surface area contributed by atoms with E-state index in [0.717, 1.165) is 32.7 Å². The number of rotatable bonds is 3. The van der Waals surface area contributed by atoms with Gasteiger partial charge in [0.15, 0.2) is 0 Å². The molecule has 0 amide bonds. The number of carbonyl (C=O) groups excluding carboxylic acids is 1. The molecule has 0 unspecified atom stereocenters. The third-order valence-electron chi connectivity index (χ3n) is 2.49. The highest BCUT2D eigenvalue weighted by Crippen LogP contribution is 2.00. The predicted octanol–water partition coefficient (Wildman–Crippen LogP) is -0.203. The third kappa shape index (κ3) is 3.32. The van der Waals surface area contributed by atoms with Gasteiger partial charge in [0.25, 0.3) is 0 Å². The van der Waals surface area contributed by atoms with E-state index in [2.05, 4.69) is 21.5 Å². The van der Waals surface area contributed by atoms with Crippen LogP contribution in [0.4, 0.5) is 0 Å². The van der Waals surface area contributed by atoms with Crippen molar-refractivity contribution in [1.29, 1.82) is 0 Å². The number of ether oxygens (including phenoxy) is 1. The van der Waals surface area contributed by atoms with Crippen LogP contribution in [0.3, 0.4) is 0 Å². The van der Waals surface area contributed by atoms with Crippen molar-refractivity contribution in [2.45, 2.75) is 6.92 Å². The predicted molar refractivity (Wildman–Crippen MR) is 50.6 cm³/mol. The SMILES string of the molecule is CCN1CCN(CC(=O)OC)CC1. The van der Waals surface area contributed by atoms with Gasteiger partial charge in [-0.15, -0.1) is 0 Å². The first-order valence-corrected chi connectivity index (χ1v) is 4.77. The number of methoxy groups -OCH3 is 1. The van der Waals surface area contributed by atoms with Gasteiger partial charge in [0.1, 0.15) is 0 Å². The van der Waals surface area contributed by atoms with Gasteiger partial charge < -0.3 is 9.64 Å². The van der Waals surface area contributed by atoms with Gasteiger partial charge in [0, 0.05) is 26.2 Å². The van der Waals surface area contributed by atoms with Crippen molar-refractivity contribution >= 4 is 5.97 Å². The Hall–Kier alpha value is -0.610. The molecule has 1 saturated heterocycles. The van der Waals surface area contributed by atoms with Crippen LogP contribution >= 0.6 is 0 Å². The fourth-order valence-corrected chi connectivity index (χ4v) is 1.51. The van der Waals surface area contributed by atoms with E-state index < -0.39 is 0 Å². The molecule has 0 saturated carbocycles. The largest absolute Gasteiger partial charge is 0.468 e. The topological polar surface area (TPSA) is 32.8 Å². The van der Waals surface area contributed by atoms with E-state index in [0.29, 0.717) is 6.54 Å². The van der Waals surface area contributed by atoms with Gasteiger partial charge in [0.2, 0.25) is 0 Å². The van der Waals surface area contributed by atoms with Gasteiger partial charge in [-0.1, -0.05) is 6.92 Å². The van der Waals surface area contributed by atoms with E-state index in [1.807, 2.05) is 0 Å². The summed E-state index contributed by atoms with van der Waals surface area (Å²) in [5.41, 5.74) is 0. The normalized spacial score (nSPS) is 20.2. The first-order chi connectivity index (χ1) is 6.26. The summed E-state index contributed by atoms with van der Waals surface area (Å²) in [6.45, 7) is 7.78.